The average Bonchev–Trinajstić information content (AvgIpc) is 2.17. The molecule has 86 valence electrons. The zero-order chi connectivity index (χ0) is 12.3. The van der Waals surface area contributed by atoms with Crippen molar-refractivity contribution >= 4 is 35.0 Å². The van der Waals surface area contributed by atoms with Gasteiger partial charge in [0.05, 0.1) is 6.54 Å². The summed E-state index contributed by atoms with van der Waals surface area (Å²) in [6, 6.07) is 2.70. The summed E-state index contributed by atoms with van der Waals surface area (Å²) in [5, 5.41) is 3.28. The van der Waals surface area contributed by atoms with Crippen LogP contribution in [0.5, 0.6) is 0 Å². The van der Waals surface area contributed by atoms with E-state index in [1.807, 2.05) is 22.6 Å². The van der Waals surface area contributed by atoms with Gasteiger partial charge < -0.3 is 12.9 Å². The quantitative estimate of drug-likeness (QED) is 0.241. The predicted molar refractivity (Wildman–Crippen MR) is 65.5 cm³/mol. The zero-order valence-electron chi connectivity index (χ0n) is 9.29. The van der Waals surface area contributed by atoms with E-state index >= 15 is 0 Å². The minimum Gasteiger partial charge on any atom is -0.445 e. The Kier molecular flexibility index (Phi) is 7.69. The summed E-state index contributed by atoms with van der Waals surface area (Å²) in [5.41, 5.74) is 8.09. The largest absolute Gasteiger partial charge is 1.00 e. The fraction of sp³-hybridized carbons (Fsp3) is 0.250. The summed E-state index contributed by atoms with van der Waals surface area (Å²) in [6.45, 7) is -3.69. The molecule has 0 amide bonds. The Morgan fingerprint density at radius 1 is 1.41 bits per heavy atom. The first-order valence-corrected chi connectivity index (χ1v) is 5.44. The molecule has 0 heterocycles. The van der Waals surface area contributed by atoms with Crippen LogP contribution in [0.3, 0.4) is 0 Å². The first kappa shape index (κ1) is 17.8. The maximum Gasteiger partial charge on any atom is 1.00 e. The summed E-state index contributed by atoms with van der Waals surface area (Å²) in [4.78, 5) is 2.54. The maximum absolute atomic E-state index is 12.7. The van der Waals surface area contributed by atoms with Crippen molar-refractivity contribution in [2.75, 3.05) is 0 Å². The van der Waals surface area contributed by atoms with Gasteiger partial charge in [0.1, 0.15) is 0 Å². The molecule has 0 saturated heterocycles. The molecule has 0 N–H and O–H groups in total. The second-order valence-corrected chi connectivity index (χ2v) is 4.49. The Bertz CT molecular complexity index is 460. The Hall–Kier alpha value is 0.751. The van der Waals surface area contributed by atoms with Gasteiger partial charge in [-0.25, -0.2) is 0 Å². The molecular weight excluding hydrogens is 372 g/mol. The van der Waals surface area contributed by atoms with Crippen LogP contribution in [0, 0.1) is 10.5 Å². The average molecular weight is 379 g/mol. The van der Waals surface area contributed by atoms with Crippen molar-refractivity contribution in [3.8, 4) is 0 Å². The fourth-order valence-electron chi connectivity index (χ4n) is 1.37. The predicted octanol–water partition coefficient (Wildman–Crippen LogP) is 0.468. The second kappa shape index (κ2) is 7.37. The molecule has 0 aliphatic heterocycles. The van der Waals surface area contributed by atoms with E-state index in [1.165, 1.54) is 6.92 Å². The molecule has 1 rings (SSSR count). The van der Waals surface area contributed by atoms with Gasteiger partial charge in [-0.05, 0) is 46.7 Å². The van der Waals surface area contributed by atoms with E-state index in [0.29, 0.717) is 9.13 Å². The monoisotopic (exact) mass is 379 g/mol. The molecule has 0 aromatic heterocycles. The standard InChI is InChI=1S/C8H7BF3IN3.K/c1-5-6(4-15-16-14)2-7(13)3-8(5)9(10,11)12;/h2-3H,4H2,1H3;/q-1;+1. The van der Waals surface area contributed by atoms with Crippen molar-refractivity contribution in [3.63, 3.8) is 0 Å². The van der Waals surface area contributed by atoms with Gasteiger partial charge in [-0.15, -0.1) is 5.46 Å². The van der Waals surface area contributed by atoms with Crippen LogP contribution in [0.4, 0.5) is 12.9 Å². The van der Waals surface area contributed by atoms with Crippen molar-refractivity contribution in [2.24, 2.45) is 5.11 Å². The second-order valence-electron chi connectivity index (χ2n) is 3.24. The number of azide groups is 1. The molecule has 0 bridgehead atoms. The summed E-state index contributed by atoms with van der Waals surface area (Å²) in [6.07, 6.45) is 0. The van der Waals surface area contributed by atoms with Gasteiger partial charge in [-0.2, -0.15) is 0 Å². The SMILES string of the molecule is Cc1c(CN=[N+]=[N-])cc(I)cc1[B-](F)(F)F.[K+]. The van der Waals surface area contributed by atoms with Crippen LogP contribution in [0.1, 0.15) is 11.1 Å². The molecule has 0 radical (unpaired) electrons. The van der Waals surface area contributed by atoms with Crippen molar-refractivity contribution in [1.29, 1.82) is 0 Å². The molecular formula is C8H7BF3IKN3. The van der Waals surface area contributed by atoms with Gasteiger partial charge in [0.15, 0.2) is 0 Å². The summed E-state index contributed by atoms with van der Waals surface area (Å²) in [7, 11) is 0. The topological polar surface area (TPSA) is 48.8 Å². The van der Waals surface area contributed by atoms with E-state index in [-0.39, 0.29) is 63.5 Å². The summed E-state index contributed by atoms with van der Waals surface area (Å²) >= 11 is 1.81. The van der Waals surface area contributed by atoms with Crippen molar-refractivity contribution < 1.29 is 64.3 Å². The van der Waals surface area contributed by atoms with Gasteiger partial charge in [-0.3, -0.25) is 0 Å². The molecule has 0 aliphatic rings. The van der Waals surface area contributed by atoms with Gasteiger partial charge in [0.25, 0.3) is 0 Å². The number of hydrogen-bond acceptors (Lipinski definition) is 1. The maximum atomic E-state index is 12.7. The molecule has 9 heteroatoms. The molecule has 1 aromatic rings. The first-order chi connectivity index (χ1) is 7.36. The number of rotatable bonds is 3. The van der Waals surface area contributed by atoms with Crippen LogP contribution in [-0.4, -0.2) is 6.98 Å². The van der Waals surface area contributed by atoms with Gasteiger partial charge >= 0.3 is 58.4 Å². The fourth-order valence-corrected chi connectivity index (χ4v) is 2.08. The van der Waals surface area contributed by atoms with Crippen LogP contribution in [0.2, 0.25) is 0 Å². The van der Waals surface area contributed by atoms with Crippen molar-refractivity contribution in [3.05, 3.63) is 37.3 Å². The normalized spacial score (nSPS) is 10.4. The third kappa shape index (κ3) is 5.09. The molecule has 3 nitrogen and oxygen atoms in total. The first-order valence-electron chi connectivity index (χ1n) is 4.36. The number of nitrogens with zero attached hydrogens (tertiary/aromatic N) is 3. The number of halogens is 4. The molecule has 0 spiro atoms. The molecule has 0 aliphatic carbocycles. The smallest absolute Gasteiger partial charge is 0.445 e. The van der Waals surface area contributed by atoms with Crippen molar-refractivity contribution in [2.45, 2.75) is 13.5 Å². The van der Waals surface area contributed by atoms with E-state index in [1.54, 1.807) is 6.07 Å². The van der Waals surface area contributed by atoms with Crippen molar-refractivity contribution in [1.82, 2.24) is 0 Å². The van der Waals surface area contributed by atoms with E-state index in [4.69, 9.17) is 5.53 Å². The van der Waals surface area contributed by atoms with E-state index < -0.39 is 12.4 Å². The molecule has 17 heavy (non-hydrogen) atoms. The number of hydrogen-bond donors (Lipinski definition) is 0. The van der Waals surface area contributed by atoms with Crippen LogP contribution in [0.25, 0.3) is 10.4 Å². The summed E-state index contributed by atoms with van der Waals surface area (Å²) < 4.78 is 38.5. The minimum absolute atomic E-state index is 0. The van der Waals surface area contributed by atoms with Crippen LogP contribution >= 0.6 is 22.6 Å². The van der Waals surface area contributed by atoms with Gasteiger partial charge in [-0.1, -0.05) is 16.7 Å². The third-order valence-corrected chi connectivity index (χ3v) is 2.80. The summed E-state index contributed by atoms with van der Waals surface area (Å²) in [5.74, 6) is 0. The number of benzene rings is 1. The molecule has 0 fully saturated rings. The molecule has 0 saturated carbocycles. The molecule has 1 aromatic carbocycles. The Labute approximate surface area is 153 Å². The molecule has 0 atom stereocenters. The van der Waals surface area contributed by atoms with Crippen LogP contribution < -0.4 is 56.8 Å². The third-order valence-electron chi connectivity index (χ3n) is 2.18. The van der Waals surface area contributed by atoms with Gasteiger partial charge in [0.2, 0.25) is 0 Å². The minimum atomic E-state index is -5.03. The Morgan fingerprint density at radius 3 is 2.47 bits per heavy atom. The van der Waals surface area contributed by atoms with Crippen LogP contribution in [0.15, 0.2) is 17.2 Å². The van der Waals surface area contributed by atoms with Crippen LogP contribution in [-0.2, 0) is 6.54 Å². The Morgan fingerprint density at radius 2 is 2.00 bits per heavy atom. The van der Waals surface area contributed by atoms with E-state index in [9.17, 15) is 12.9 Å². The Balaban J connectivity index is 0.00000256. The zero-order valence-corrected chi connectivity index (χ0v) is 14.6. The van der Waals surface area contributed by atoms with E-state index in [0.717, 1.165) is 6.07 Å². The van der Waals surface area contributed by atoms with E-state index in [2.05, 4.69) is 10.0 Å². The van der Waals surface area contributed by atoms with Gasteiger partial charge in [0, 0.05) is 8.48 Å². The molecule has 0 unspecified atom stereocenters.